The topological polar surface area (TPSA) is 90.2 Å². The number of aryl methyl sites for hydroxylation is 1. The van der Waals surface area contributed by atoms with Crippen LogP contribution in [0.2, 0.25) is 0 Å². The lowest BCUT2D eigenvalue weighted by Crippen LogP contribution is -2.08. The largest absolute Gasteiger partial charge is 0.490 e. The van der Waals surface area contributed by atoms with Crippen molar-refractivity contribution in [3.8, 4) is 16.3 Å². The predicted octanol–water partition coefficient (Wildman–Crippen LogP) is 2.27. The Morgan fingerprint density at radius 2 is 2.24 bits per heavy atom. The summed E-state index contributed by atoms with van der Waals surface area (Å²) >= 11 is 1.49. The molecule has 0 unspecified atom stereocenters. The van der Waals surface area contributed by atoms with Gasteiger partial charge in [-0.25, -0.2) is 0 Å². The number of hydrogen-bond donors (Lipinski definition) is 1. The molecular formula is C13H16N4O3S. The van der Waals surface area contributed by atoms with Crippen LogP contribution in [0.4, 0.5) is 5.69 Å². The molecule has 0 amide bonds. The van der Waals surface area contributed by atoms with E-state index < -0.39 is 4.92 Å². The lowest BCUT2D eigenvalue weighted by Gasteiger charge is -2.02. The Morgan fingerprint density at radius 3 is 2.90 bits per heavy atom. The second-order valence-corrected chi connectivity index (χ2v) is 5.41. The fourth-order valence-corrected chi connectivity index (χ4v) is 2.73. The molecule has 0 bridgehead atoms. The molecule has 7 nitrogen and oxygen atoms in total. The van der Waals surface area contributed by atoms with Crippen molar-refractivity contribution in [3.63, 3.8) is 0 Å². The molecule has 21 heavy (non-hydrogen) atoms. The summed E-state index contributed by atoms with van der Waals surface area (Å²) in [4.78, 5) is 10.4. The van der Waals surface area contributed by atoms with Gasteiger partial charge in [-0.15, -0.1) is 10.2 Å². The third-order valence-electron chi connectivity index (χ3n) is 2.91. The van der Waals surface area contributed by atoms with E-state index in [-0.39, 0.29) is 11.4 Å². The van der Waals surface area contributed by atoms with Crippen LogP contribution < -0.4 is 10.1 Å². The molecule has 0 radical (unpaired) electrons. The lowest BCUT2D eigenvalue weighted by atomic mass is 10.2. The number of benzene rings is 1. The number of ether oxygens (including phenoxy) is 1. The van der Waals surface area contributed by atoms with E-state index >= 15 is 0 Å². The summed E-state index contributed by atoms with van der Waals surface area (Å²) in [6, 6.07) is 4.71. The van der Waals surface area contributed by atoms with E-state index in [4.69, 9.17) is 4.74 Å². The van der Waals surface area contributed by atoms with Crippen molar-refractivity contribution in [1.29, 1.82) is 0 Å². The third-order valence-corrected chi connectivity index (χ3v) is 3.94. The van der Waals surface area contributed by atoms with Gasteiger partial charge in [-0.2, -0.15) is 0 Å². The minimum absolute atomic E-state index is 0.0555. The second kappa shape index (κ2) is 7.09. The Morgan fingerprint density at radius 1 is 1.43 bits per heavy atom. The summed E-state index contributed by atoms with van der Waals surface area (Å²) in [7, 11) is 3.32. The van der Waals surface area contributed by atoms with E-state index in [1.807, 2.05) is 7.05 Å². The Labute approximate surface area is 126 Å². The first-order chi connectivity index (χ1) is 10.2. The highest BCUT2D eigenvalue weighted by molar-refractivity contribution is 7.14. The molecule has 112 valence electrons. The van der Waals surface area contributed by atoms with Crippen LogP contribution in [0.25, 0.3) is 10.6 Å². The van der Waals surface area contributed by atoms with Gasteiger partial charge in [-0.1, -0.05) is 11.3 Å². The number of hydrogen-bond acceptors (Lipinski definition) is 7. The van der Waals surface area contributed by atoms with Crippen molar-refractivity contribution in [2.45, 2.75) is 12.8 Å². The summed E-state index contributed by atoms with van der Waals surface area (Å²) in [5, 5.41) is 23.9. The molecule has 8 heteroatoms. The molecule has 0 saturated heterocycles. The fourth-order valence-electron chi connectivity index (χ4n) is 1.85. The molecule has 0 spiro atoms. The van der Waals surface area contributed by atoms with Crippen molar-refractivity contribution in [2.75, 3.05) is 20.7 Å². The number of nitro groups is 1. The molecule has 0 fully saturated rings. The SMILES string of the molecule is CNCCCc1nnc(-c2ccc([N+](=O)[O-])c(OC)c2)s1. The van der Waals surface area contributed by atoms with E-state index in [2.05, 4.69) is 15.5 Å². The number of nitrogens with zero attached hydrogens (tertiary/aromatic N) is 3. The van der Waals surface area contributed by atoms with Crippen molar-refractivity contribution < 1.29 is 9.66 Å². The number of nitro benzene ring substituents is 1. The number of aromatic nitrogens is 2. The highest BCUT2D eigenvalue weighted by Gasteiger charge is 2.16. The van der Waals surface area contributed by atoms with Crippen molar-refractivity contribution >= 4 is 17.0 Å². The summed E-state index contributed by atoms with van der Waals surface area (Å²) in [6.45, 7) is 0.931. The molecule has 0 saturated carbocycles. The van der Waals surface area contributed by atoms with Gasteiger partial charge in [0.25, 0.3) is 0 Å². The number of rotatable bonds is 7. The van der Waals surface area contributed by atoms with Gasteiger partial charge in [0, 0.05) is 18.1 Å². The summed E-state index contributed by atoms with van der Waals surface area (Å²) in [6.07, 6.45) is 1.86. The zero-order valence-electron chi connectivity index (χ0n) is 11.8. The predicted molar refractivity (Wildman–Crippen MR) is 80.8 cm³/mol. The average molecular weight is 308 g/mol. The van der Waals surface area contributed by atoms with Crippen molar-refractivity contribution in [1.82, 2.24) is 15.5 Å². The number of methoxy groups -OCH3 is 1. The van der Waals surface area contributed by atoms with E-state index in [0.717, 1.165) is 35.0 Å². The molecule has 0 aliphatic rings. The lowest BCUT2D eigenvalue weighted by molar-refractivity contribution is -0.385. The maximum absolute atomic E-state index is 10.9. The van der Waals surface area contributed by atoms with Crippen LogP contribution in [-0.4, -0.2) is 35.8 Å². The van der Waals surface area contributed by atoms with E-state index in [1.165, 1.54) is 24.5 Å². The summed E-state index contributed by atoms with van der Waals surface area (Å²) in [5.41, 5.74) is 0.717. The molecule has 1 aromatic carbocycles. The van der Waals surface area contributed by atoms with Gasteiger partial charge >= 0.3 is 5.69 Å². The van der Waals surface area contributed by atoms with Crippen LogP contribution in [0.3, 0.4) is 0 Å². The van der Waals surface area contributed by atoms with Crippen LogP contribution in [-0.2, 0) is 6.42 Å². The zero-order valence-corrected chi connectivity index (χ0v) is 12.6. The molecular weight excluding hydrogens is 292 g/mol. The Bertz CT molecular complexity index is 630. The summed E-state index contributed by atoms with van der Waals surface area (Å²) < 4.78 is 5.06. The van der Waals surface area contributed by atoms with Crippen LogP contribution >= 0.6 is 11.3 Å². The van der Waals surface area contributed by atoms with Crippen LogP contribution in [0.5, 0.6) is 5.75 Å². The third kappa shape index (κ3) is 3.73. The Hall–Kier alpha value is -2.06. The number of nitrogens with one attached hydrogen (secondary N) is 1. The molecule has 0 aliphatic heterocycles. The van der Waals surface area contributed by atoms with Gasteiger partial charge < -0.3 is 10.1 Å². The average Bonchev–Trinajstić information content (AvgIpc) is 2.95. The Balaban J connectivity index is 2.20. The fraction of sp³-hybridized carbons (Fsp3) is 0.385. The van der Waals surface area contributed by atoms with Crippen LogP contribution in [0, 0.1) is 10.1 Å². The first-order valence-corrected chi connectivity index (χ1v) is 7.27. The van der Waals surface area contributed by atoms with Gasteiger partial charge in [-0.05, 0) is 32.1 Å². The van der Waals surface area contributed by atoms with Gasteiger partial charge in [0.15, 0.2) is 5.75 Å². The molecule has 0 atom stereocenters. The van der Waals surface area contributed by atoms with E-state index in [0.29, 0.717) is 0 Å². The molecule has 1 heterocycles. The molecule has 2 aromatic rings. The highest BCUT2D eigenvalue weighted by Crippen LogP contribution is 2.33. The van der Waals surface area contributed by atoms with Crippen molar-refractivity contribution in [2.24, 2.45) is 0 Å². The first-order valence-electron chi connectivity index (χ1n) is 6.45. The van der Waals surface area contributed by atoms with Gasteiger partial charge in [0.05, 0.1) is 12.0 Å². The van der Waals surface area contributed by atoms with Crippen molar-refractivity contribution in [3.05, 3.63) is 33.3 Å². The van der Waals surface area contributed by atoms with E-state index in [1.54, 1.807) is 12.1 Å². The molecule has 1 N–H and O–H groups in total. The van der Waals surface area contributed by atoms with E-state index in [9.17, 15) is 10.1 Å². The maximum Gasteiger partial charge on any atom is 0.310 e. The normalized spacial score (nSPS) is 10.6. The Kier molecular flexibility index (Phi) is 5.18. The second-order valence-electron chi connectivity index (χ2n) is 4.35. The quantitative estimate of drug-likeness (QED) is 0.479. The molecule has 2 rings (SSSR count). The van der Waals surface area contributed by atoms with Gasteiger partial charge in [0.2, 0.25) is 0 Å². The van der Waals surface area contributed by atoms with Crippen LogP contribution in [0.1, 0.15) is 11.4 Å². The minimum Gasteiger partial charge on any atom is -0.490 e. The monoisotopic (exact) mass is 308 g/mol. The van der Waals surface area contributed by atoms with Gasteiger partial charge in [0.1, 0.15) is 10.0 Å². The zero-order chi connectivity index (χ0) is 15.2. The van der Waals surface area contributed by atoms with Gasteiger partial charge in [-0.3, -0.25) is 10.1 Å². The standard InChI is InChI=1S/C13H16N4O3S/c1-14-7-3-4-12-15-16-13(21-12)9-5-6-10(17(18)19)11(8-9)20-2/h5-6,8,14H,3-4,7H2,1-2H3. The first kappa shape index (κ1) is 15.3. The highest BCUT2D eigenvalue weighted by atomic mass is 32.1. The minimum atomic E-state index is -0.466. The smallest absolute Gasteiger partial charge is 0.310 e. The summed E-state index contributed by atoms with van der Waals surface area (Å²) in [5.74, 6) is 0.226. The van der Waals surface area contributed by atoms with Crippen LogP contribution in [0.15, 0.2) is 18.2 Å². The maximum atomic E-state index is 10.9. The molecule has 1 aromatic heterocycles. The molecule has 0 aliphatic carbocycles.